The Morgan fingerprint density at radius 2 is 1.29 bits per heavy atom. The lowest BCUT2D eigenvalue weighted by atomic mass is 9.87. The van der Waals surface area contributed by atoms with Gasteiger partial charge in [0.25, 0.3) is 0 Å². The molecule has 0 heterocycles. The van der Waals surface area contributed by atoms with Crippen molar-refractivity contribution in [1.82, 2.24) is 16.0 Å². The summed E-state index contributed by atoms with van der Waals surface area (Å²) in [7, 11) is 0. The number of aliphatic carboxylic acids is 1. The van der Waals surface area contributed by atoms with Gasteiger partial charge in [-0.3, -0.25) is 14.4 Å². The summed E-state index contributed by atoms with van der Waals surface area (Å²) in [6.45, 7) is 7.62. The second-order valence-corrected chi connectivity index (χ2v) is 11.7. The predicted molar refractivity (Wildman–Crippen MR) is 194 cm³/mol. The maximum Gasteiger partial charge on any atom is 0.331 e. The van der Waals surface area contributed by atoms with Gasteiger partial charge in [-0.2, -0.15) is 0 Å². The molecule has 0 saturated carbocycles. The zero-order chi connectivity index (χ0) is 35.4. The quantitative estimate of drug-likeness (QED) is 0.0825. The molecular weight excluding hydrogens is 606 g/mol. The van der Waals surface area contributed by atoms with E-state index in [9.17, 15) is 24.3 Å². The van der Waals surface area contributed by atoms with E-state index in [0.717, 1.165) is 51.4 Å². The van der Waals surface area contributed by atoms with Crippen LogP contribution >= 0.6 is 0 Å². The molecule has 3 amide bonds. The zero-order valence-corrected chi connectivity index (χ0v) is 29.5. The number of carbonyl (C=O) groups is 4. The Kier molecular flexibility index (Phi) is 23.7. The van der Waals surface area contributed by atoms with Gasteiger partial charge in [0.15, 0.2) is 0 Å². The number of hydrogen-bond donors (Lipinski definition) is 4. The summed E-state index contributed by atoms with van der Waals surface area (Å²) >= 11 is 0. The largest absolute Gasteiger partial charge is 0.478 e. The smallest absolute Gasteiger partial charge is 0.331 e. The van der Waals surface area contributed by atoms with Crippen molar-refractivity contribution in [2.45, 2.75) is 129 Å². The van der Waals surface area contributed by atoms with E-state index >= 15 is 0 Å². The first-order valence-electron chi connectivity index (χ1n) is 17.5. The molecule has 9 heteroatoms. The molecule has 9 nitrogen and oxygen atoms in total. The maximum absolute atomic E-state index is 12.8. The minimum Gasteiger partial charge on any atom is -0.478 e. The minimum absolute atomic E-state index is 0.0269. The number of rotatable bonds is 24. The van der Waals surface area contributed by atoms with Crippen molar-refractivity contribution in [3.8, 4) is 0 Å². The lowest BCUT2D eigenvalue weighted by molar-refractivity contribution is -0.134. The molecule has 0 aromatic heterocycles. The average molecular weight is 666 g/mol. The second kappa shape index (κ2) is 27.0. The summed E-state index contributed by atoms with van der Waals surface area (Å²) < 4.78 is 6.14. The third kappa shape index (κ3) is 20.3. The maximum atomic E-state index is 12.8. The molecule has 266 valence electrons. The lowest BCUT2D eigenvalue weighted by Crippen LogP contribution is -2.59. The summed E-state index contributed by atoms with van der Waals surface area (Å²) in [6.07, 6.45) is 34.5. The van der Waals surface area contributed by atoms with Crippen LogP contribution in [0.25, 0.3) is 0 Å². The molecule has 0 spiro atoms. The van der Waals surface area contributed by atoms with Crippen LogP contribution in [-0.2, 0) is 23.9 Å². The van der Waals surface area contributed by atoms with Crippen molar-refractivity contribution < 1.29 is 29.0 Å². The number of ether oxygens (including phenoxy) is 1. The highest BCUT2D eigenvalue weighted by atomic mass is 16.5. The lowest BCUT2D eigenvalue weighted by Gasteiger charge is -2.38. The molecule has 3 atom stereocenters. The Morgan fingerprint density at radius 3 is 1.77 bits per heavy atom. The first kappa shape index (κ1) is 42.0. The van der Waals surface area contributed by atoms with Crippen molar-refractivity contribution >= 4 is 23.7 Å². The predicted octanol–water partition coefficient (Wildman–Crippen LogP) is 6.95. The summed E-state index contributed by atoms with van der Waals surface area (Å²) in [5.74, 6) is -1.89. The third-order valence-electron chi connectivity index (χ3n) is 7.65. The van der Waals surface area contributed by atoms with E-state index in [0.29, 0.717) is 12.8 Å². The van der Waals surface area contributed by atoms with Crippen LogP contribution < -0.4 is 16.0 Å². The molecule has 0 saturated heterocycles. The summed E-state index contributed by atoms with van der Waals surface area (Å²) in [4.78, 5) is 48.8. The molecule has 48 heavy (non-hydrogen) atoms. The van der Waals surface area contributed by atoms with Gasteiger partial charge in [0.05, 0.1) is 24.3 Å². The summed E-state index contributed by atoms with van der Waals surface area (Å²) in [5.41, 5.74) is 0.126. The highest BCUT2D eigenvalue weighted by Gasteiger charge is 2.38. The number of allylic oxidation sites excluding steroid dienone is 12. The van der Waals surface area contributed by atoms with E-state index in [2.05, 4.69) is 83.6 Å². The van der Waals surface area contributed by atoms with Crippen LogP contribution in [0.5, 0.6) is 0 Å². The molecule has 0 aromatic rings. The number of amides is 3. The van der Waals surface area contributed by atoms with Crippen molar-refractivity contribution in [3.63, 3.8) is 0 Å². The van der Waals surface area contributed by atoms with Crippen LogP contribution in [0.4, 0.5) is 0 Å². The van der Waals surface area contributed by atoms with Gasteiger partial charge in [-0.1, -0.05) is 93.7 Å². The van der Waals surface area contributed by atoms with E-state index in [4.69, 9.17) is 4.74 Å². The highest BCUT2D eigenvalue weighted by molar-refractivity contribution is 5.87. The van der Waals surface area contributed by atoms with Gasteiger partial charge in [-0.05, 0) is 63.9 Å². The molecule has 1 aliphatic carbocycles. The van der Waals surface area contributed by atoms with Crippen molar-refractivity contribution in [3.05, 3.63) is 84.6 Å². The van der Waals surface area contributed by atoms with Crippen LogP contribution in [0.3, 0.4) is 0 Å². The molecule has 1 rings (SSSR count). The molecule has 0 aliphatic heterocycles. The number of carboxylic acids is 1. The highest BCUT2D eigenvalue weighted by Crippen LogP contribution is 2.24. The van der Waals surface area contributed by atoms with Crippen molar-refractivity contribution in [2.24, 2.45) is 0 Å². The normalized spacial score (nSPS) is 18.6. The monoisotopic (exact) mass is 665 g/mol. The standard InChI is InChI=1S/C39H59N3O6/c1-5-8-9-10-11-12-13-14-15-16-17-18-19-20-21-22-23-24-25-26-36(44)40-28-27-37(45)42-34-29-32(39(46)47)30-35(38(34)41-31(4)43)48-33(6-2)7-3/h8-9,11-12,14-15,17-18,20-21,23-24,30,33-35,38H,5-7,10,13,16,19,22,25-29H2,1-4H3,(H,40,44)(H,41,43)(H,42,45)(H,46,47). The Morgan fingerprint density at radius 1 is 0.771 bits per heavy atom. The number of hydrogen-bond acceptors (Lipinski definition) is 5. The van der Waals surface area contributed by atoms with Gasteiger partial charge in [0, 0.05) is 38.3 Å². The fourth-order valence-corrected chi connectivity index (χ4v) is 5.04. The minimum atomic E-state index is -1.09. The number of carbonyl (C=O) groups excluding carboxylic acids is 3. The molecule has 0 bridgehead atoms. The molecule has 4 N–H and O–H groups in total. The zero-order valence-electron chi connectivity index (χ0n) is 29.5. The second-order valence-electron chi connectivity index (χ2n) is 11.7. The van der Waals surface area contributed by atoms with E-state index in [-0.39, 0.29) is 48.8 Å². The number of carboxylic acid groups (broad SMARTS) is 1. The van der Waals surface area contributed by atoms with Crippen LogP contribution in [0.15, 0.2) is 84.6 Å². The van der Waals surface area contributed by atoms with E-state index < -0.39 is 24.2 Å². The fraction of sp³-hybridized carbons (Fsp3) is 0.538. The molecule has 0 radical (unpaired) electrons. The Bertz CT molecular complexity index is 1180. The van der Waals surface area contributed by atoms with Gasteiger partial charge < -0.3 is 25.8 Å². The van der Waals surface area contributed by atoms with Crippen molar-refractivity contribution in [1.29, 1.82) is 0 Å². The fourth-order valence-electron chi connectivity index (χ4n) is 5.04. The van der Waals surface area contributed by atoms with Crippen LogP contribution in [0.2, 0.25) is 0 Å². The molecule has 1 aliphatic rings. The molecule has 0 fully saturated rings. The SMILES string of the molecule is CCC=CCC=CCC=CCC=CCC=CCC=CCCC(=O)NCCC(=O)NC1CC(C(=O)O)=CC(OC(CC)CC)C1NC(C)=O. The van der Waals surface area contributed by atoms with Gasteiger partial charge >= 0.3 is 5.97 Å². The van der Waals surface area contributed by atoms with Gasteiger partial charge in [-0.15, -0.1) is 0 Å². The van der Waals surface area contributed by atoms with Gasteiger partial charge in [0.2, 0.25) is 17.7 Å². The van der Waals surface area contributed by atoms with Crippen LogP contribution in [0.1, 0.15) is 105 Å². The van der Waals surface area contributed by atoms with E-state index in [1.807, 2.05) is 26.0 Å². The van der Waals surface area contributed by atoms with Gasteiger partial charge in [0.1, 0.15) is 0 Å². The van der Waals surface area contributed by atoms with E-state index in [1.165, 1.54) is 13.0 Å². The molecule has 0 aromatic carbocycles. The van der Waals surface area contributed by atoms with Crippen LogP contribution in [0, 0.1) is 0 Å². The van der Waals surface area contributed by atoms with E-state index in [1.54, 1.807) is 0 Å². The molecule has 3 unspecified atom stereocenters. The molecular formula is C39H59N3O6. The Balaban J connectivity index is 2.34. The topological polar surface area (TPSA) is 134 Å². The Labute approximate surface area is 288 Å². The summed E-state index contributed by atoms with van der Waals surface area (Å²) in [6, 6.07) is -1.29. The number of nitrogens with one attached hydrogen (secondary N) is 3. The first-order valence-corrected chi connectivity index (χ1v) is 17.5. The average Bonchev–Trinajstić information content (AvgIpc) is 3.05. The van der Waals surface area contributed by atoms with Gasteiger partial charge in [-0.25, -0.2) is 4.79 Å². The van der Waals surface area contributed by atoms with Crippen molar-refractivity contribution in [2.75, 3.05) is 6.54 Å². The van der Waals surface area contributed by atoms with Crippen LogP contribution in [-0.4, -0.2) is 59.6 Å². The summed E-state index contributed by atoms with van der Waals surface area (Å²) in [5, 5.41) is 18.1. The third-order valence-corrected chi connectivity index (χ3v) is 7.65. The Hall–Kier alpha value is -3.98. The first-order chi connectivity index (χ1) is 23.2.